The van der Waals surface area contributed by atoms with E-state index in [0.717, 1.165) is 0 Å². The van der Waals surface area contributed by atoms with Crippen LogP contribution in [0, 0.1) is 0 Å². The third-order valence-electron chi connectivity index (χ3n) is 1.09. The molecule has 0 amide bonds. The van der Waals surface area contributed by atoms with Gasteiger partial charge in [0.1, 0.15) is 0 Å². The maximum Gasteiger partial charge on any atom is 0.0567 e. The van der Waals surface area contributed by atoms with E-state index in [4.69, 9.17) is 11.5 Å². The highest BCUT2D eigenvalue weighted by Crippen LogP contribution is 1.91. The molecule has 7 heavy (non-hydrogen) atoms. The fraction of sp³-hybridized carbons (Fsp3) is 0.750. The van der Waals surface area contributed by atoms with E-state index in [2.05, 4.69) is 4.99 Å². The van der Waals surface area contributed by atoms with Crippen LogP contribution < -0.4 is 11.5 Å². The zero-order valence-corrected chi connectivity index (χ0v) is 4.04. The van der Waals surface area contributed by atoms with Gasteiger partial charge >= 0.3 is 0 Å². The molecule has 1 rings (SSSR count). The van der Waals surface area contributed by atoms with E-state index < -0.39 is 0 Å². The minimum Gasteiger partial charge on any atom is -0.324 e. The van der Waals surface area contributed by atoms with Gasteiger partial charge in [-0.05, 0) is 0 Å². The number of hydrogen-bond donors (Lipinski definition) is 2. The first-order chi connectivity index (χ1) is 3.30. The normalized spacial score (nSPS) is 39.7. The Balaban J connectivity index is 2.45. The molecule has 40 valence electrons. The number of rotatable bonds is 0. The van der Waals surface area contributed by atoms with Crippen molar-refractivity contribution in [1.29, 1.82) is 0 Å². The Morgan fingerprint density at radius 3 is 2.43 bits per heavy atom. The molecule has 0 fully saturated rings. The summed E-state index contributed by atoms with van der Waals surface area (Å²) in [6, 6.07) is 0.0694. The molecule has 0 radical (unpaired) electrons. The average molecular weight is 99.1 g/mol. The Kier molecular flexibility index (Phi) is 1.08. The van der Waals surface area contributed by atoms with Crippen molar-refractivity contribution < 1.29 is 0 Å². The molecule has 0 saturated heterocycles. The largest absolute Gasteiger partial charge is 0.324 e. The number of nitrogens with zero attached hydrogens (tertiary/aromatic N) is 1. The summed E-state index contributed by atoms with van der Waals surface area (Å²) in [5.41, 5.74) is 10.8. The second-order valence-electron chi connectivity index (χ2n) is 1.76. The van der Waals surface area contributed by atoms with Crippen LogP contribution in [0.1, 0.15) is 0 Å². The Labute approximate surface area is 42.4 Å². The van der Waals surface area contributed by atoms with Gasteiger partial charge in [-0.1, -0.05) is 0 Å². The highest BCUT2D eigenvalue weighted by atomic mass is 14.9. The minimum absolute atomic E-state index is 0.000000000000000222. The zero-order valence-electron chi connectivity index (χ0n) is 4.04. The lowest BCUT2D eigenvalue weighted by Gasteiger charge is -2.03. The van der Waals surface area contributed by atoms with Gasteiger partial charge in [0.05, 0.1) is 12.6 Å². The first-order valence-electron chi connectivity index (χ1n) is 2.32. The molecule has 2 unspecified atom stereocenters. The van der Waals surface area contributed by atoms with Crippen molar-refractivity contribution in [1.82, 2.24) is 0 Å². The summed E-state index contributed by atoms with van der Waals surface area (Å²) in [4.78, 5) is 3.87. The molecule has 0 spiro atoms. The molecule has 1 heterocycles. The SMILES string of the molecule is NC1C=NCC1N. The van der Waals surface area contributed by atoms with Crippen molar-refractivity contribution in [2.24, 2.45) is 16.5 Å². The average Bonchev–Trinajstić information content (AvgIpc) is 1.91. The predicted octanol–water partition coefficient (Wildman–Crippen LogP) is -1.27. The summed E-state index contributed by atoms with van der Waals surface area (Å²) in [5.74, 6) is 0. The summed E-state index contributed by atoms with van der Waals surface area (Å²) in [5, 5.41) is 0. The van der Waals surface area contributed by atoms with E-state index in [1.165, 1.54) is 0 Å². The second-order valence-corrected chi connectivity index (χ2v) is 1.76. The summed E-state index contributed by atoms with van der Waals surface area (Å²) < 4.78 is 0. The minimum atomic E-state index is -0.000000000000000222. The third kappa shape index (κ3) is 0.783. The van der Waals surface area contributed by atoms with Gasteiger partial charge in [-0.2, -0.15) is 0 Å². The first-order valence-corrected chi connectivity index (χ1v) is 2.32. The summed E-state index contributed by atoms with van der Waals surface area (Å²) in [7, 11) is 0. The van der Waals surface area contributed by atoms with Crippen LogP contribution in [0.2, 0.25) is 0 Å². The molecule has 2 atom stereocenters. The van der Waals surface area contributed by atoms with Crippen molar-refractivity contribution in [3.05, 3.63) is 0 Å². The molecule has 0 aliphatic carbocycles. The Morgan fingerprint density at radius 1 is 1.57 bits per heavy atom. The first kappa shape index (κ1) is 4.74. The summed E-state index contributed by atoms with van der Waals surface area (Å²) >= 11 is 0. The Hall–Kier alpha value is -0.410. The smallest absolute Gasteiger partial charge is 0.0567 e. The highest BCUT2D eigenvalue weighted by molar-refractivity contribution is 5.67. The van der Waals surface area contributed by atoms with Crippen LogP contribution >= 0.6 is 0 Å². The van der Waals surface area contributed by atoms with Crippen molar-refractivity contribution >= 4 is 6.21 Å². The predicted molar refractivity (Wildman–Crippen MR) is 29.3 cm³/mol. The van der Waals surface area contributed by atoms with Gasteiger partial charge in [0.25, 0.3) is 0 Å². The van der Waals surface area contributed by atoms with Gasteiger partial charge in [-0.25, -0.2) is 0 Å². The Bertz CT molecular complexity index is 88.9. The molecule has 4 N–H and O–H groups in total. The highest BCUT2D eigenvalue weighted by Gasteiger charge is 2.13. The van der Waals surface area contributed by atoms with Crippen LogP contribution in [0.15, 0.2) is 4.99 Å². The molecule has 3 heteroatoms. The van der Waals surface area contributed by atoms with E-state index >= 15 is 0 Å². The molecule has 0 aromatic heterocycles. The standard InChI is InChI=1S/C4H9N3/c5-3-1-7-2-4(3)6/h1,3-4H,2,5-6H2. The van der Waals surface area contributed by atoms with E-state index in [1.807, 2.05) is 0 Å². The molecule has 3 nitrogen and oxygen atoms in total. The molecule has 0 saturated carbocycles. The summed E-state index contributed by atoms with van der Waals surface area (Å²) in [6.07, 6.45) is 1.70. The molecule has 0 bridgehead atoms. The van der Waals surface area contributed by atoms with Crippen LogP contribution in [0.25, 0.3) is 0 Å². The quantitative estimate of drug-likeness (QED) is 0.397. The fourth-order valence-corrected chi connectivity index (χ4v) is 0.537. The molecule has 1 aliphatic rings. The van der Waals surface area contributed by atoms with E-state index in [0.29, 0.717) is 6.54 Å². The maximum atomic E-state index is 5.43. The lowest BCUT2D eigenvalue weighted by atomic mass is 10.2. The molecular formula is C4H9N3. The van der Waals surface area contributed by atoms with E-state index in [-0.39, 0.29) is 12.1 Å². The monoisotopic (exact) mass is 99.1 g/mol. The molecular weight excluding hydrogens is 90.1 g/mol. The van der Waals surface area contributed by atoms with Crippen molar-refractivity contribution in [2.75, 3.05) is 6.54 Å². The molecule has 0 aromatic carbocycles. The number of aliphatic imine (C=N–C) groups is 1. The third-order valence-corrected chi connectivity index (χ3v) is 1.09. The number of nitrogens with two attached hydrogens (primary N) is 2. The fourth-order valence-electron chi connectivity index (χ4n) is 0.537. The van der Waals surface area contributed by atoms with Crippen LogP contribution in [0.4, 0.5) is 0 Å². The van der Waals surface area contributed by atoms with Crippen molar-refractivity contribution in [2.45, 2.75) is 12.1 Å². The lowest BCUT2D eigenvalue weighted by molar-refractivity contribution is 0.677. The topological polar surface area (TPSA) is 64.4 Å². The molecule has 0 aromatic rings. The van der Waals surface area contributed by atoms with Crippen LogP contribution in [-0.2, 0) is 0 Å². The van der Waals surface area contributed by atoms with Crippen LogP contribution in [0.3, 0.4) is 0 Å². The molecule has 1 aliphatic heterocycles. The van der Waals surface area contributed by atoms with Gasteiger partial charge < -0.3 is 11.5 Å². The van der Waals surface area contributed by atoms with Crippen LogP contribution in [-0.4, -0.2) is 24.8 Å². The van der Waals surface area contributed by atoms with Crippen LogP contribution in [0.5, 0.6) is 0 Å². The summed E-state index contributed by atoms with van der Waals surface area (Å²) in [6.45, 7) is 0.696. The van der Waals surface area contributed by atoms with Gasteiger partial charge in [0.2, 0.25) is 0 Å². The van der Waals surface area contributed by atoms with Gasteiger partial charge in [-0.15, -0.1) is 0 Å². The van der Waals surface area contributed by atoms with Gasteiger partial charge in [0.15, 0.2) is 0 Å². The second kappa shape index (κ2) is 1.60. The van der Waals surface area contributed by atoms with E-state index in [9.17, 15) is 0 Å². The van der Waals surface area contributed by atoms with Gasteiger partial charge in [0, 0.05) is 12.3 Å². The lowest BCUT2D eigenvalue weighted by Crippen LogP contribution is -2.40. The van der Waals surface area contributed by atoms with Crippen molar-refractivity contribution in [3.63, 3.8) is 0 Å². The van der Waals surface area contributed by atoms with E-state index in [1.54, 1.807) is 6.21 Å². The number of hydrogen-bond acceptors (Lipinski definition) is 3. The maximum absolute atomic E-state index is 5.43. The van der Waals surface area contributed by atoms with Crippen molar-refractivity contribution in [3.8, 4) is 0 Å². The van der Waals surface area contributed by atoms with Gasteiger partial charge in [-0.3, -0.25) is 4.99 Å². The Morgan fingerprint density at radius 2 is 2.29 bits per heavy atom. The zero-order chi connectivity index (χ0) is 5.28.